The van der Waals surface area contributed by atoms with E-state index in [1.54, 1.807) is 30.3 Å². The standard InChI is InChI=1S/C18H15N3O5S2/c1-11-2-5-13(6-3-11)28(23,24)21-18-20-14(9-27-18)17(22)19-12-4-7-15-16(8-12)26-10-25-15/h2-9H,10H2,1H3,(H,19,22)(H,20,21). The second-order valence-corrected chi connectivity index (χ2v) is 8.52. The van der Waals surface area contributed by atoms with Gasteiger partial charge in [0.1, 0.15) is 5.69 Å². The van der Waals surface area contributed by atoms with Crippen LogP contribution < -0.4 is 19.5 Å². The summed E-state index contributed by atoms with van der Waals surface area (Å²) in [6.45, 7) is 2.01. The third-order valence-electron chi connectivity index (χ3n) is 3.92. The first-order valence-electron chi connectivity index (χ1n) is 8.17. The Morgan fingerprint density at radius 1 is 1.11 bits per heavy atom. The Morgan fingerprint density at radius 2 is 1.86 bits per heavy atom. The number of aromatic nitrogens is 1. The van der Waals surface area contributed by atoms with Crippen molar-refractivity contribution in [2.45, 2.75) is 11.8 Å². The molecule has 0 saturated heterocycles. The smallest absolute Gasteiger partial charge is 0.275 e. The number of thiazole rings is 1. The molecule has 0 saturated carbocycles. The zero-order chi connectivity index (χ0) is 19.7. The molecule has 4 rings (SSSR count). The Bertz CT molecular complexity index is 1140. The number of anilines is 2. The van der Waals surface area contributed by atoms with Crippen molar-refractivity contribution < 1.29 is 22.7 Å². The number of benzene rings is 2. The van der Waals surface area contributed by atoms with Crippen LogP contribution in [0.15, 0.2) is 52.7 Å². The molecule has 0 unspecified atom stereocenters. The summed E-state index contributed by atoms with van der Waals surface area (Å²) in [5.74, 6) is 0.693. The number of nitrogens with zero attached hydrogens (tertiary/aromatic N) is 1. The average Bonchev–Trinajstić information content (AvgIpc) is 3.30. The van der Waals surface area contributed by atoms with Gasteiger partial charge in [-0.3, -0.25) is 9.52 Å². The second kappa shape index (κ2) is 7.13. The number of carbonyl (C=O) groups excluding carboxylic acids is 1. The second-order valence-electron chi connectivity index (χ2n) is 5.98. The van der Waals surface area contributed by atoms with E-state index in [1.165, 1.54) is 17.5 Å². The quantitative estimate of drug-likeness (QED) is 0.660. The Morgan fingerprint density at radius 3 is 2.64 bits per heavy atom. The van der Waals surface area contributed by atoms with Gasteiger partial charge in [0.05, 0.1) is 4.90 Å². The summed E-state index contributed by atoms with van der Waals surface area (Å²) >= 11 is 1.03. The van der Waals surface area contributed by atoms with Gasteiger partial charge in [0.25, 0.3) is 15.9 Å². The summed E-state index contributed by atoms with van der Waals surface area (Å²) in [6, 6.07) is 11.5. The van der Waals surface area contributed by atoms with Crippen molar-refractivity contribution in [2.24, 2.45) is 0 Å². The summed E-state index contributed by atoms with van der Waals surface area (Å²) in [6.07, 6.45) is 0. The van der Waals surface area contributed by atoms with E-state index in [2.05, 4.69) is 15.0 Å². The molecular weight excluding hydrogens is 402 g/mol. The number of nitrogens with one attached hydrogen (secondary N) is 2. The van der Waals surface area contributed by atoms with Crippen LogP contribution in [0.4, 0.5) is 10.8 Å². The van der Waals surface area contributed by atoms with Crippen molar-refractivity contribution in [2.75, 3.05) is 16.8 Å². The van der Waals surface area contributed by atoms with E-state index in [0.29, 0.717) is 17.2 Å². The number of carbonyl (C=O) groups is 1. The van der Waals surface area contributed by atoms with Gasteiger partial charge in [-0.05, 0) is 31.2 Å². The summed E-state index contributed by atoms with van der Waals surface area (Å²) in [7, 11) is -3.77. The van der Waals surface area contributed by atoms with Crippen LogP contribution in [0.25, 0.3) is 0 Å². The number of fused-ring (bicyclic) bond motifs is 1. The van der Waals surface area contributed by atoms with Crippen molar-refractivity contribution in [3.05, 3.63) is 59.1 Å². The molecule has 8 nitrogen and oxygen atoms in total. The lowest BCUT2D eigenvalue weighted by Gasteiger charge is -2.05. The van der Waals surface area contributed by atoms with Crippen molar-refractivity contribution in [1.82, 2.24) is 4.98 Å². The first-order chi connectivity index (χ1) is 13.4. The molecule has 1 aliphatic rings. The molecule has 0 radical (unpaired) electrons. The minimum atomic E-state index is -3.77. The normalized spacial score (nSPS) is 12.6. The third-order valence-corrected chi connectivity index (χ3v) is 6.16. The number of rotatable bonds is 5. The van der Waals surface area contributed by atoms with Crippen molar-refractivity contribution >= 4 is 38.1 Å². The van der Waals surface area contributed by atoms with E-state index in [4.69, 9.17) is 9.47 Å². The summed E-state index contributed by atoms with van der Waals surface area (Å²) in [4.78, 5) is 16.6. The van der Waals surface area contributed by atoms with Gasteiger partial charge in [0, 0.05) is 17.1 Å². The maximum Gasteiger partial charge on any atom is 0.275 e. The van der Waals surface area contributed by atoms with Crippen LogP contribution in [-0.4, -0.2) is 26.1 Å². The van der Waals surface area contributed by atoms with Crippen LogP contribution in [0.1, 0.15) is 16.1 Å². The highest BCUT2D eigenvalue weighted by molar-refractivity contribution is 7.93. The molecular formula is C18H15N3O5S2. The molecule has 3 aromatic rings. The number of ether oxygens (including phenoxy) is 2. The van der Waals surface area contributed by atoms with Crippen LogP contribution in [0, 0.1) is 6.92 Å². The summed E-state index contributed by atoms with van der Waals surface area (Å²) in [5, 5.41) is 4.28. The van der Waals surface area contributed by atoms with Crippen LogP contribution in [0.5, 0.6) is 11.5 Å². The third kappa shape index (κ3) is 3.78. The fraction of sp³-hybridized carbons (Fsp3) is 0.111. The van der Waals surface area contributed by atoms with E-state index >= 15 is 0 Å². The molecule has 2 aromatic carbocycles. The Hall–Kier alpha value is -3.11. The van der Waals surface area contributed by atoms with Gasteiger partial charge in [0.2, 0.25) is 6.79 Å². The van der Waals surface area contributed by atoms with Gasteiger partial charge in [-0.25, -0.2) is 13.4 Å². The fourth-order valence-electron chi connectivity index (χ4n) is 2.49. The molecule has 0 fully saturated rings. The Labute approximate surface area is 165 Å². The molecule has 2 N–H and O–H groups in total. The van der Waals surface area contributed by atoms with E-state index in [1.807, 2.05) is 6.92 Å². The SMILES string of the molecule is Cc1ccc(S(=O)(=O)Nc2nc(C(=O)Nc3ccc4c(c3)OCO4)cs2)cc1. The lowest BCUT2D eigenvalue weighted by atomic mass is 10.2. The van der Waals surface area contributed by atoms with Crippen LogP contribution in [-0.2, 0) is 10.0 Å². The fourth-order valence-corrected chi connectivity index (χ4v) is 4.43. The first kappa shape index (κ1) is 18.3. The van der Waals surface area contributed by atoms with Gasteiger partial charge in [0.15, 0.2) is 16.6 Å². The monoisotopic (exact) mass is 417 g/mol. The Balaban J connectivity index is 1.46. The molecule has 0 spiro atoms. The molecule has 1 aromatic heterocycles. The summed E-state index contributed by atoms with van der Waals surface area (Å²) in [5.41, 5.74) is 1.57. The number of hydrogen-bond acceptors (Lipinski definition) is 7. The number of aryl methyl sites for hydroxylation is 1. The van der Waals surface area contributed by atoms with Crippen molar-refractivity contribution in [3.8, 4) is 11.5 Å². The predicted molar refractivity (Wildman–Crippen MR) is 105 cm³/mol. The molecule has 0 bridgehead atoms. The van der Waals surface area contributed by atoms with Gasteiger partial charge in [-0.1, -0.05) is 17.7 Å². The largest absolute Gasteiger partial charge is 0.454 e. The topological polar surface area (TPSA) is 107 Å². The van der Waals surface area contributed by atoms with Crippen LogP contribution >= 0.6 is 11.3 Å². The van der Waals surface area contributed by atoms with Crippen LogP contribution in [0.2, 0.25) is 0 Å². The van der Waals surface area contributed by atoms with Crippen molar-refractivity contribution in [3.63, 3.8) is 0 Å². The van der Waals surface area contributed by atoms with Gasteiger partial charge in [-0.15, -0.1) is 11.3 Å². The van der Waals surface area contributed by atoms with Crippen molar-refractivity contribution in [1.29, 1.82) is 0 Å². The van der Waals surface area contributed by atoms with Gasteiger partial charge in [-0.2, -0.15) is 0 Å². The van der Waals surface area contributed by atoms with Crippen LogP contribution in [0.3, 0.4) is 0 Å². The zero-order valence-electron chi connectivity index (χ0n) is 14.6. The number of sulfonamides is 1. The lowest BCUT2D eigenvalue weighted by molar-refractivity contribution is 0.102. The molecule has 0 aliphatic carbocycles. The number of amides is 1. The molecule has 1 aliphatic heterocycles. The minimum Gasteiger partial charge on any atom is -0.454 e. The average molecular weight is 417 g/mol. The van der Waals surface area contributed by atoms with E-state index < -0.39 is 15.9 Å². The molecule has 0 atom stereocenters. The first-order valence-corrected chi connectivity index (χ1v) is 10.5. The molecule has 1 amide bonds. The lowest BCUT2D eigenvalue weighted by Crippen LogP contribution is -2.14. The number of hydrogen-bond donors (Lipinski definition) is 2. The minimum absolute atomic E-state index is 0.101. The zero-order valence-corrected chi connectivity index (χ0v) is 16.3. The van der Waals surface area contributed by atoms with Gasteiger partial charge >= 0.3 is 0 Å². The molecule has 10 heteroatoms. The maximum absolute atomic E-state index is 12.4. The van der Waals surface area contributed by atoms with E-state index in [0.717, 1.165) is 16.9 Å². The molecule has 144 valence electrons. The molecule has 28 heavy (non-hydrogen) atoms. The molecule has 2 heterocycles. The highest BCUT2D eigenvalue weighted by Crippen LogP contribution is 2.34. The Kier molecular flexibility index (Phi) is 4.65. The predicted octanol–water partition coefficient (Wildman–Crippen LogP) is 3.23. The van der Waals surface area contributed by atoms with E-state index in [9.17, 15) is 13.2 Å². The van der Waals surface area contributed by atoms with E-state index in [-0.39, 0.29) is 22.5 Å². The highest BCUT2D eigenvalue weighted by atomic mass is 32.2. The summed E-state index contributed by atoms with van der Waals surface area (Å²) < 4.78 is 37.7. The highest BCUT2D eigenvalue weighted by Gasteiger charge is 2.19. The maximum atomic E-state index is 12.4. The van der Waals surface area contributed by atoms with Gasteiger partial charge < -0.3 is 14.8 Å².